The number of nitrogens with zero attached hydrogens (tertiary/aromatic N) is 2. The van der Waals surface area contributed by atoms with E-state index in [2.05, 4.69) is 4.98 Å². The lowest BCUT2D eigenvalue weighted by atomic mass is 10.1. The number of carbonyl (C=O) groups is 1. The average molecular weight is 303 g/mol. The van der Waals surface area contributed by atoms with Gasteiger partial charge in [0.2, 0.25) is 15.0 Å². The Morgan fingerprint density at radius 2 is 2.32 bits per heavy atom. The summed E-state index contributed by atoms with van der Waals surface area (Å²) in [6.45, 7) is 2.33. The fraction of sp³-hybridized carbons (Fsp3) is 0.500. The van der Waals surface area contributed by atoms with Gasteiger partial charge >= 0.3 is 0 Å². The van der Waals surface area contributed by atoms with Crippen LogP contribution in [0.1, 0.15) is 24.9 Å². The van der Waals surface area contributed by atoms with Gasteiger partial charge in [0.1, 0.15) is 0 Å². The SMILES string of the molecule is CC(c1cccnc1)N1CC(CS(=O)(=O)Cl)CC1=O. The van der Waals surface area contributed by atoms with Crippen molar-refractivity contribution in [2.24, 2.45) is 5.92 Å². The molecule has 1 saturated heterocycles. The number of hydrogen-bond donors (Lipinski definition) is 0. The second-order valence-electron chi connectivity index (χ2n) is 4.78. The molecule has 2 heterocycles. The third-order valence-corrected chi connectivity index (χ3v) is 4.56. The fourth-order valence-electron chi connectivity index (χ4n) is 2.38. The van der Waals surface area contributed by atoms with E-state index in [1.54, 1.807) is 17.3 Å². The molecule has 5 nitrogen and oxygen atoms in total. The van der Waals surface area contributed by atoms with Gasteiger partial charge in [-0.15, -0.1) is 0 Å². The van der Waals surface area contributed by atoms with E-state index in [0.717, 1.165) is 5.56 Å². The van der Waals surface area contributed by atoms with E-state index >= 15 is 0 Å². The van der Waals surface area contributed by atoms with E-state index in [4.69, 9.17) is 10.7 Å². The molecule has 0 saturated carbocycles. The van der Waals surface area contributed by atoms with E-state index < -0.39 is 9.05 Å². The first-order valence-corrected chi connectivity index (χ1v) is 8.46. The van der Waals surface area contributed by atoms with E-state index in [-0.39, 0.29) is 30.0 Å². The highest BCUT2D eigenvalue weighted by atomic mass is 35.7. The van der Waals surface area contributed by atoms with Crippen LogP contribution in [0.4, 0.5) is 0 Å². The summed E-state index contributed by atoms with van der Waals surface area (Å²) < 4.78 is 22.1. The van der Waals surface area contributed by atoms with E-state index in [1.807, 2.05) is 19.1 Å². The molecule has 1 aromatic heterocycles. The van der Waals surface area contributed by atoms with Crippen LogP contribution in [0.2, 0.25) is 0 Å². The Bertz CT molecular complexity index is 562. The number of pyridine rings is 1. The number of aromatic nitrogens is 1. The molecule has 19 heavy (non-hydrogen) atoms. The minimum absolute atomic E-state index is 0.0401. The van der Waals surface area contributed by atoms with Crippen LogP contribution in [0.25, 0.3) is 0 Å². The fourth-order valence-corrected chi connectivity index (χ4v) is 3.70. The molecule has 104 valence electrons. The topological polar surface area (TPSA) is 67.3 Å². The van der Waals surface area contributed by atoms with Crippen molar-refractivity contribution < 1.29 is 13.2 Å². The molecule has 0 aromatic carbocycles. The average Bonchev–Trinajstić information content (AvgIpc) is 2.68. The lowest BCUT2D eigenvalue weighted by Crippen LogP contribution is -2.29. The minimum atomic E-state index is -3.56. The standard InChI is InChI=1S/C12H15ClN2O3S/c1-9(11-3-2-4-14-6-11)15-7-10(5-12(15)16)8-19(13,17)18/h2-4,6,9-10H,5,7-8H2,1H3. The maximum absolute atomic E-state index is 12.0. The van der Waals surface area contributed by atoms with Crippen molar-refractivity contribution in [3.05, 3.63) is 30.1 Å². The molecule has 0 bridgehead atoms. The van der Waals surface area contributed by atoms with E-state index in [1.165, 1.54) is 0 Å². The summed E-state index contributed by atoms with van der Waals surface area (Å²) in [5.41, 5.74) is 0.935. The van der Waals surface area contributed by atoms with Gasteiger partial charge < -0.3 is 4.90 Å². The maximum atomic E-state index is 12.0. The highest BCUT2D eigenvalue weighted by molar-refractivity contribution is 8.13. The maximum Gasteiger partial charge on any atom is 0.232 e. The first kappa shape index (κ1) is 14.3. The molecule has 2 atom stereocenters. The molecule has 0 spiro atoms. The predicted octanol–water partition coefficient (Wildman–Crippen LogP) is 1.56. The second-order valence-corrected chi connectivity index (χ2v) is 7.61. The van der Waals surface area contributed by atoms with E-state index in [0.29, 0.717) is 6.54 Å². The zero-order valence-corrected chi connectivity index (χ0v) is 12.1. The van der Waals surface area contributed by atoms with Crippen LogP contribution < -0.4 is 0 Å². The van der Waals surface area contributed by atoms with Crippen molar-refractivity contribution in [2.75, 3.05) is 12.3 Å². The number of hydrogen-bond acceptors (Lipinski definition) is 4. The molecular weight excluding hydrogens is 288 g/mol. The summed E-state index contributed by atoms with van der Waals surface area (Å²) in [6.07, 6.45) is 3.62. The van der Waals surface area contributed by atoms with Crippen molar-refractivity contribution in [3.8, 4) is 0 Å². The predicted molar refractivity (Wildman–Crippen MR) is 72.1 cm³/mol. The number of carbonyl (C=O) groups excluding carboxylic acids is 1. The zero-order chi connectivity index (χ0) is 14.0. The lowest BCUT2D eigenvalue weighted by Gasteiger charge is -2.24. The Balaban J connectivity index is 2.08. The van der Waals surface area contributed by atoms with E-state index in [9.17, 15) is 13.2 Å². The highest BCUT2D eigenvalue weighted by Gasteiger charge is 2.35. The van der Waals surface area contributed by atoms with Crippen LogP contribution in [-0.4, -0.2) is 36.5 Å². The summed E-state index contributed by atoms with van der Waals surface area (Å²) >= 11 is 0. The molecule has 0 aliphatic carbocycles. The van der Waals surface area contributed by atoms with Crippen LogP contribution in [0.15, 0.2) is 24.5 Å². The van der Waals surface area contributed by atoms with Gasteiger partial charge in [0.15, 0.2) is 0 Å². The largest absolute Gasteiger partial charge is 0.336 e. The molecular formula is C12H15ClN2O3S. The van der Waals surface area contributed by atoms with Gasteiger partial charge in [-0.05, 0) is 18.6 Å². The second kappa shape index (κ2) is 5.46. The third kappa shape index (κ3) is 3.67. The normalized spacial score (nSPS) is 21.7. The highest BCUT2D eigenvalue weighted by Crippen LogP contribution is 2.29. The number of rotatable bonds is 4. The minimum Gasteiger partial charge on any atom is -0.336 e. The van der Waals surface area contributed by atoms with Gasteiger partial charge in [0.25, 0.3) is 0 Å². The van der Waals surface area contributed by atoms with Gasteiger partial charge in [-0.3, -0.25) is 9.78 Å². The molecule has 1 aromatic rings. The Hall–Kier alpha value is -1.14. The van der Waals surface area contributed by atoms with Gasteiger partial charge in [0.05, 0.1) is 11.8 Å². The molecule has 0 N–H and O–H groups in total. The molecule has 2 unspecified atom stereocenters. The van der Waals surface area contributed by atoms with Crippen molar-refractivity contribution in [2.45, 2.75) is 19.4 Å². The smallest absolute Gasteiger partial charge is 0.232 e. The van der Waals surface area contributed by atoms with Gasteiger partial charge in [-0.25, -0.2) is 8.42 Å². The summed E-state index contributed by atoms with van der Waals surface area (Å²) in [5, 5.41) is 0. The molecule has 1 aliphatic rings. The Labute approximate surface area is 117 Å². The first-order chi connectivity index (χ1) is 8.87. The van der Waals surface area contributed by atoms with Crippen LogP contribution >= 0.6 is 10.7 Å². The molecule has 1 fully saturated rings. The van der Waals surface area contributed by atoms with Crippen molar-refractivity contribution in [1.29, 1.82) is 0 Å². The molecule has 0 radical (unpaired) electrons. The van der Waals surface area contributed by atoms with Gasteiger partial charge in [-0.2, -0.15) is 0 Å². The van der Waals surface area contributed by atoms with Crippen molar-refractivity contribution >= 4 is 25.6 Å². The van der Waals surface area contributed by atoms with Gasteiger partial charge in [-0.1, -0.05) is 6.07 Å². The van der Waals surface area contributed by atoms with Crippen LogP contribution in [0.3, 0.4) is 0 Å². The summed E-state index contributed by atoms with van der Waals surface area (Å²) in [6, 6.07) is 3.60. The van der Waals surface area contributed by atoms with Crippen molar-refractivity contribution in [3.63, 3.8) is 0 Å². The molecule has 2 rings (SSSR count). The van der Waals surface area contributed by atoms with Gasteiger partial charge in [0, 0.05) is 42.0 Å². The van der Waals surface area contributed by atoms with Crippen LogP contribution in [0.5, 0.6) is 0 Å². The third-order valence-electron chi connectivity index (χ3n) is 3.31. The Morgan fingerprint density at radius 1 is 1.58 bits per heavy atom. The zero-order valence-electron chi connectivity index (χ0n) is 10.5. The van der Waals surface area contributed by atoms with Crippen LogP contribution in [0, 0.1) is 5.92 Å². The number of halogens is 1. The Kier molecular flexibility index (Phi) is 4.10. The monoisotopic (exact) mass is 302 g/mol. The molecule has 1 amide bonds. The van der Waals surface area contributed by atoms with Crippen LogP contribution in [-0.2, 0) is 13.8 Å². The number of likely N-dealkylation sites (tertiary alicyclic amines) is 1. The number of amides is 1. The first-order valence-electron chi connectivity index (χ1n) is 5.98. The molecule has 7 heteroatoms. The Morgan fingerprint density at radius 3 is 2.89 bits per heavy atom. The summed E-state index contributed by atoms with van der Waals surface area (Å²) in [7, 11) is 1.67. The summed E-state index contributed by atoms with van der Waals surface area (Å²) in [4.78, 5) is 17.7. The quantitative estimate of drug-likeness (QED) is 0.792. The van der Waals surface area contributed by atoms with Crippen molar-refractivity contribution in [1.82, 2.24) is 9.88 Å². The lowest BCUT2D eigenvalue weighted by molar-refractivity contribution is -0.129. The molecule has 1 aliphatic heterocycles. The summed E-state index contributed by atoms with van der Waals surface area (Å²) in [5.74, 6) is -0.424.